The fourth-order valence-corrected chi connectivity index (χ4v) is 2.18. The zero-order valence-corrected chi connectivity index (χ0v) is 13.4. The third-order valence-corrected chi connectivity index (χ3v) is 3.25. The van der Waals surface area contributed by atoms with E-state index in [-0.39, 0.29) is 18.6 Å². The van der Waals surface area contributed by atoms with Crippen molar-refractivity contribution in [3.63, 3.8) is 0 Å². The Labute approximate surface area is 139 Å². The Kier molecular flexibility index (Phi) is 6.06. The fraction of sp³-hybridized carbons (Fsp3) is 0.167. The average molecular weight is 333 g/mol. The van der Waals surface area contributed by atoms with Crippen LogP contribution in [0.25, 0.3) is 0 Å². The molecule has 2 aromatic rings. The molecule has 0 saturated carbocycles. The van der Waals surface area contributed by atoms with Gasteiger partial charge in [0, 0.05) is 11.4 Å². The maximum absolute atomic E-state index is 11.7. The lowest BCUT2D eigenvalue weighted by atomic mass is 10.1. The molecule has 0 aromatic heterocycles. The summed E-state index contributed by atoms with van der Waals surface area (Å²) in [6.45, 7) is 1.97. The maximum atomic E-state index is 11.7. The number of benzene rings is 2. The molecule has 2 rings (SSSR count). The van der Waals surface area contributed by atoms with Gasteiger partial charge in [-0.2, -0.15) is 0 Å². The van der Waals surface area contributed by atoms with E-state index in [1.807, 2.05) is 12.1 Å². The van der Waals surface area contributed by atoms with E-state index in [0.29, 0.717) is 16.5 Å². The normalized spacial score (nSPS) is 11.1. The van der Waals surface area contributed by atoms with Crippen LogP contribution in [0.15, 0.2) is 60.4 Å². The number of rotatable bonds is 6. The summed E-state index contributed by atoms with van der Waals surface area (Å²) in [4.78, 5) is 11.7. The second-order valence-corrected chi connectivity index (χ2v) is 5.19. The molecule has 0 fully saturated rings. The molecule has 120 valence electrons. The Morgan fingerprint density at radius 3 is 2.52 bits per heavy atom. The Balaban J connectivity index is 2.12. The largest absolute Gasteiger partial charge is 0.515 e. The predicted octanol–water partition coefficient (Wildman–Crippen LogP) is 4.68. The first-order valence-electron chi connectivity index (χ1n) is 7.15. The van der Waals surface area contributed by atoms with Crippen molar-refractivity contribution in [2.45, 2.75) is 13.3 Å². The van der Waals surface area contributed by atoms with Gasteiger partial charge in [-0.3, -0.25) is 0 Å². The van der Waals surface area contributed by atoms with Crippen LogP contribution in [0, 0.1) is 0 Å². The number of carbonyl (C=O) groups is 1. The highest BCUT2D eigenvalue weighted by Crippen LogP contribution is 2.25. The van der Waals surface area contributed by atoms with Gasteiger partial charge in [-0.25, -0.2) is 4.79 Å². The van der Waals surface area contributed by atoms with E-state index in [2.05, 4.69) is 0 Å². The Hall–Kier alpha value is -2.46. The average Bonchev–Trinajstić information content (AvgIpc) is 2.53. The summed E-state index contributed by atoms with van der Waals surface area (Å²) in [7, 11) is 0. The SMILES string of the molecule is CCOC(=O)/C(=C/O)Cc1cccc(Oc2cccc(Cl)c2)c1. The maximum Gasteiger partial charge on any atom is 0.337 e. The van der Waals surface area contributed by atoms with Gasteiger partial charge in [-0.05, 0) is 42.8 Å². The van der Waals surface area contributed by atoms with Crippen molar-refractivity contribution >= 4 is 17.6 Å². The van der Waals surface area contributed by atoms with E-state index in [1.165, 1.54) is 0 Å². The molecule has 2 aromatic carbocycles. The second-order valence-electron chi connectivity index (χ2n) is 4.76. The molecule has 0 amide bonds. The van der Waals surface area contributed by atoms with E-state index in [9.17, 15) is 9.90 Å². The van der Waals surface area contributed by atoms with Crippen molar-refractivity contribution in [2.24, 2.45) is 0 Å². The smallest absolute Gasteiger partial charge is 0.337 e. The van der Waals surface area contributed by atoms with Crippen LogP contribution in [0.1, 0.15) is 12.5 Å². The molecule has 0 radical (unpaired) electrons. The van der Waals surface area contributed by atoms with E-state index in [0.717, 1.165) is 11.8 Å². The van der Waals surface area contributed by atoms with Crippen LogP contribution in [-0.4, -0.2) is 17.7 Å². The van der Waals surface area contributed by atoms with Gasteiger partial charge < -0.3 is 14.6 Å². The molecule has 0 spiro atoms. The third-order valence-electron chi connectivity index (χ3n) is 3.02. The topological polar surface area (TPSA) is 55.8 Å². The van der Waals surface area contributed by atoms with Gasteiger partial charge in [-0.15, -0.1) is 0 Å². The van der Waals surface area contributed by atoms with Crippen LogP contribution in [0.3, 0.4) is 0 Å². The number of aliphatic hydroxyl groups is 1. The molecule has 0 unspecified atom stereocenters. The van der Waals surface area contributed by atoms with Crippen molar-refractivity contribution < 1.29 is 19.4 Å². The summed E-state index contributed by atoms with van der Waals surface area (Å²) in [6.07, 6.45) is 1.03. The summed E-state index contributed by atoms with van der Waals surface area (Å²) in [6, 6.07) is 14.3. The van der Waals surface area contributed by atoms with Gasteiger partial charge in [-0.1, -0.05) is 29.8 Å². The summed E-state index contributed by atoms with van der Waals surface area (Å²) < 4.78 is 10.6. The summed E-state index contributed by atoms with van der Waals surface area (Å²) in [5.41, 5.74) is 1.00. The molecular weight excluding hydrogens is 316 g/mol. The molecule has 0 atom stereocenters. The number of esters is 1. The monoisotopic (exact) mass is 332 g/mol. The molecule has 0 aliphatic heterocycles. The molecular formula is C18H17ClO4. The molecule has 4 nitrogen and oxygen atoms in total. The minimum Gasteiger partial charge on any atom is -0.515 e. The number of ether oxygens (including phenoxy) is 2. The summed E-state index contributed by atoms with van der Waals surface area (Å²) >= 11 is 5.93. The lowest BCUT2D eigenvalue weighted by Crippen LogP contribution is -2.10. The Morgan fingerprint density at radius 1 is 1.17 bits per heavy atom. The third kappa shape index (κ3) is 5.04. The van der Waals surface area contributed by atoms with Crippen molar-refractivity contribution in [3.8, 4) is 11.5 Å². The van der Waals surface area contributed by atoms with Gasteiger partial charge in [0.05, 0.1) is 18.4 Å². The van der Waals surface area contributed by atoms with Gasteiger partial charge in [0.15, 0.2) is 0 Å². The Morgan fingerprint density at radius 2 is 1.87 bits per heavy atom. The van der Waals surface area contributed by atoms with Gasteiger partial charge in [0.1, 0.15) is 11.5 Å². The minimum absolute atomic E-state index is 0.187. The highest BCUT2D eigenvalue weighted by atomic mass is 35.5. The lowest BCUT2D eigenvalue weighted by Gasteiger charge is -2.09. The standard InChI is InChI=1S/C18H17ClO4/c1-2-22-18(21)14(12-20)9-13-5-3-7-16(10-13)23-17-8-4-6-15(19)11-17/h3-8,10-12,20H,2,9H2,1H3/b14-12+. The van der Waals surface area contributed by atoms with E-state index in [1.54, 1.807) is 43.3 Å². The number of halogens is 1. The van der Waals surface area contributed by atoms with Crippen LogP contribution in [0.5, 0.6) is 11.5 Å². The van der Waals surface area contributed by atoms with Gasteiger partial charge >= 0.3 is 5.97 Å². The van der Waals surface area contributed by atoms with E-state index < -0.39 is 5.97 Å². The van der Waals surface area contributed by atoms with Crippen LogP contribution >= 0.6 is 11.6 Å². The van der Waals surface area contributed by atoms with Crippen molar-refractivity contribution in [1.29, 1.82) is 0 Å². The highest BCUT2D eigenvalue weighted by molar-refractivity contribution is 6.30. The molecule has 23 heavy (non-hydrogen) atoms. The van der Waals surface area contributed by atoms with Gasteiger partial charge in [0.25, 0.3) is 0 Å². The van der Waals surface area contributed by atoms with Crippen LogP contribution < -0.4 is 4.74 Å². The van der Waals surface area contributed by atoms with E-state index in [4.69, 9.17) is 21.1 Å². The molecule has 0 saturated heterocycles. The van der Waals surface area contributed by atoms with Gasteiger partial charge in [0.2, 0.25) is 0 Å². The number of carbonyl (C=O) groups excluding carboxylic acids is 1. The van der Waals surface area contributed by atoms with Crippen LogP contribution in [-0.2, 0) is 16.0 Å². The molecule has 5 heteroatoms. The first kappa shape index (κ1) is 16.9. The van der Waals surface area contributed by atoms with Crippen molar-refractivity contribution in [1.82, 2.24) is 0 Å². The highest BCUT2D eigenvalue weighted by Gasteiger charge is 2.12. The van der Waals surface area contributed by atoms with Crippen LogP contribution in [0.4, 0.5) is 0 Å². The number of aliphatic hydroxyl groups excluding tert-OH is 1. The predicted molar refractivity (Wildman–Crippen MR) is 89.0 cm³/mol. The van der Waals surface area contributed by atoms with E-state index >= 15 is 0 Å². The molecule has 0 aliphatic rings. The van der Waals surface area contributed by atoms with Crippen molar-refractivity contribution in [2.75, 3.05) is 6.61 Å². The molecule has 0 bridgehead atoms. The first-order valence-corrected chi connectivity index (χ1v) is 7.53. The Bertz CT molecular complexity index is 710. The second kappa shape index (κ2) is 8.25. The fourth-order valence-electron chi connectivity index (χ4n) is 2.00. The zero-order chi connectivity index (χ0) is 16.7. The molecule has 0 heterocycles. The van der Waals surface area contributed by atoms with Crippen LogP contribution in [0.2, 0.25) is 5.02 Å². The first-order chi connectivity index (χ1) is 11.1. The molecule has 0 aliphatic carbocycles. The minimum atomic E-state index is -0.531. The lowest BCUT2D eigenvalue weighted by molar-refractivity contribution is -0.138. The van der Waals surface area contributed by atoms with Crippen molar-refractivity contribution in [3.05, 3.63) is 71.0 Å². The molecule has 1 N–H and O–H groups in total. The summed E-state index contributed by atoms with van der Waals surface area (Å²) in [5, 5.41) is 9.80. The summed E-state index contributed by atoms with van der Waals surface area (Å²) in [5.74, 6) is 0.708. The quantitative estimate of drug-likeness (QED) is 0.474. The zero-order valence-electron chi connectivity index (χ0n) is 12.7. The number of hydrogen-bond acceptors (Lipinski definition) is 4. The number of hydrogen-bond donors (Lipinski definition) is 1.